The van der Waals surface area contributed by atoms with Crippen molar-refractivity contribution in [3.05, 3.63) is 60.7 Å². The van der Waals surface area contributed by atoms with Crippen molar-refractivity contribution >= 4 is 18.0 Å². The minimum atomic E-state index is -0.445. The number of carbonyl (C=O) groups excluding carboxylic acids is 1. The first-order chi connectivity index (χ1) is 15.0. The van der Waals surface area contributed by atoms with Crippen molar-refractivity contribution in [3.8, 4) is 11.5 Å². The van der Waals surface area contributed by atoms with Crippen LogP contribution in [0.4, 0.5) is 16.7 Å². The molecule has 1 N–H and O–H groups in total. The standard InChI is InChI=1S/C22H24N6O3/c1-14(2)19-12-30-22(29)28(19)21-25-13-24-20(27-21)26-15(3)18-10-9-17(11-23-18)31-16-7-5-4-6-8-16/h4-11,13-15,19H,12H2,1-3H3,(H,24,25,26,27)/t15-,19?/m1/s1. The van der Waals surface area contributed by atoms with E-state index in [1.165, 1.54) is 11.2 Å². The van der Waals surface area contributed by atoms with E-state index in [1.807, 2.05) is 63.2 Å². The van der Waals surface area contributed by atoms with E-state index in [0.717, 1.165) is 11.4 Å². The van der Waals surface area contributed by atoms with Gasteiger partial charge in [0.25, 0.3) is 0 Å². The number of rotatable bonds is 7. The van der Waals surface area contributed by atoms with Gasteiger partial charge in [-0.15, -0.1) is 0 Å². The Morgan fingerprint density at radius 1 is 1.06 bits per heavy atom. The number of pyridine rings is 1. The van der Waals surface area contributed by atoms with Crippen LogP contribution in [-0.2, 0) is 4.74 Å². The van der Waals surface area contributed by atoms with Gasteiger partial charge in [-0.2, -0.15) is 4.98 Å². The second kappa shape index (κ2) is 8.95. The smallest absolute Gasteiger partial charge is 0.417 e. The van der Waals surface area contributed by atoms with E-state index in [4.69, 9.17) is 9.47 Å². The number of amides is 1. The molecular weight excluding hydrogens is 396 g/mol. The summed E-state index contributed by atoms with van der Waals surface area (Å²) in [5, 5.41) is 3.21. The Kier molecular flexibility index (Phi) is 5.92. The lowest BCUT2D eigenvalue weighted by atomic mass is 10.1. The number of anilines is 2. The molecular formula is C22H24N6O3. The molecule has 1 fully saturated rings. The molecule has 1 unspecified atom stereocenters. The molecule has 9 heteroatoms. The zero-order valence-electron chi connectivity index (χ0n) is 17.6. The van der Waals surface area contributed by atoms with E-state index >= 15 is 0 Å². The third kappa shape index (κ3) is 4.71. The Morgan fingerprint density at radius 3 is 2.58 bits per heavy atom. The van der Waals surface area contributed by atoms with Crippen LogP contribution in [0.2, 0.25) is 0 Å². The van der Waals surface area contributed by atoms with Gasteiger partial charge >= 0.3 is 6.09 Å². The fourth-order valence-electron chi connectivity index (χ4n) is 3.23. The highest BCUT2D eigenvalue weighted by Gasteiger charge is 2.38. The molecule has 1 amide bonds. The van der Waals surface area contributed by atoms with Crippen LogP contribution in [0.15, 0.2) is 55.0 Å². The van der Waals surface area contributed by atoms with Crippen LogP contribution in [0, 0.1) is 5.92 Å². The van der Waals surface area contributed by atoms with Crippen LogP contribution in [0.5, 0.6) is 11.5 Å². The van der Waals surface area contributed by atoms with Gasteiger partial charge in [-0.05, 0) is 37.1 Å². The first kappa shape index (κ1) is 20.5. The molecule has 1 aliphatic heterocycles. The van der Waals surface area contributed by atoms with Crippen LogP contribution in [-0.4, -0.2) is 38.7 Å². The molecule has 31 heavy (non-hydrogen) atoms. The van der Waals surface area contributed by atoms with Crippen molar-refractivity contribution in [2.75, 3.05) is 16.8 Å². The Bertz CT molecular complexity index is 1030. The minimum absolute atomic E-state index is 0.112. The number of hydrogen-bond acceptors (Lipinski definition) is 8. The predicted molar refractivity (Wildman–Crippen MR) is 115 cm³/mol. The van der Waals surface area contributed by atoms with E-state index in [2.05, 4.69) is 25.3 Å². The minimum Gasteiger partial charge on any atom is -0.456 e. The Hall–Kier alpha value is -3.75. The highest BCUT2D eigenvalue weighted by atomic mass is 16.6. The molecule has 0 saturated carbocycles. The molecule has 0 spiro atoms. The number of cyclic esters (lactones) is 1. The van der Waals surface area contributed by atoms with Gasteiger partial charge in [-0.1, -0.05) is 32.0 Å². The molecule has 0 radical (unpaired) electrons. The van der Waals surface area contributed by atoms with E-state index in [0.29, 0.717) is 18.3 Å². The number of aromatic nitrogens is 4. The first-order valence-corrected chi connectivity index (χ1v) is 10.1. The predicted octanol–water partition coefficient (Wildman–Crippen LogP) is 4.21. The highest BCUT2D eigenvalue weighted by Crippen LogP contribution is 2.26. The van der Waals surface area contributed by atoms with Gasteiger partial charge in [0.1, 0.15) is 24.4 Å². The Labute approximate surface area is 180 Å². The fourth-order valence-corrected chi connectivity index (χ4v) is 3.23. The third-order valence-electron chi connectivity index (χ3n) is 4.98. The zero-order chi connectivity index (χ0) is 21.8. The molecule has 2 aromatic heterocycles. The summed E-state index contributed by atoms with van der Waals surface area (Å²) >= 11 is 0. The van der Waals surface area contributed by atoms with Gasteiger partial charge in [-0.25, -0.2) is 19.7 Å². The SMILES string of the molecule is CC(C)C1COC(=O)N1c1ncnc(N[C@H](C)c2ccc(Oc3ccccc3)cn2)n1. The summed E-state index contributed by atoms with van der Waals surface area (Å²) in [6.45, 7) is 6.32. The lowest BCUT2D eigenvalue weighted by Crippen LogP contribution is -2.38. The summed E-state index contributed by atoms with van der Waals surface area (Å²) in [4.78, 5) is 30.9. The monoisotopic (exact) mass is 420 g/mol. The van der Waals surface area contributed by atoms with Crippen LogP contribution < -0.4 is 15.0 Å². The molecule has 1 aromatic carbocycles. The van der Waals surface area contributed by atoms with E-state index < -0.39 is 6.09 Å². The first-order valence-electron chi connectivity index (χ1n) is 10.1. The van der Waals surface area contributed by atoms with E-state index in [9.17, 15) is 4.79 Å². The summed E-state index contributed by atoms with van der Waals surface area (Å²) in [6.07, 6.45) is 2.61. The molecule has 9 nitrogen and oxygen atoms in total. The van der Waals surface area contributed by atoms with Crippen LogP contribution in [0.3, 0.4) is 0 Å². The van der Waals surface area contributed by atoms with Crippen molar-refractivity contribution in [1.82, 2.24) is 19.9 Å². The van der Waals surface area contributed by atoms with Crippen molar-refractivity contribution in [2.24, 2.45) is 5.92 Å². The molecule has 1 saturated heterocycles. The second-order valence-corrected chi connectivity index (χ2v) is 7.57. The molecule has 2 atom stereocenters. The number of nitrogens with one attached hydrogen (secondary N) is 1. The molecule has 3 heterocycles. The third-order valence-corrected chi connectivity index (χ3v) is 4.98. The summed E-state index contributed by atoms with van der Waals surface area (Å²) in [5.41, 5.74) is 0.794. The van der Waals surface area contributed by atoms with Gasteiger partial charge in [0, 0.05) is 0 Å². The fraction of sp³-hybridized carbons (Fsp3) is 0.318. The Morgan fingerprint density at radius 2 is 1.87 bits per heavy atom. The van der Waals surface area contributed by atoms with Gasteiger partial charge < -0.3 is 14.8 Å². The maximum atomic E-state index is 12.2. The normalized spacial score (nSPS) is 16.8. The number of carbonyl (C=O) groups is 1. The lowest BCUT2D eigenvalue weighted by molar-refractivity contribution is 0.177. The van der Waals surface area contributed by atoms with Crippen molar-refractivity contribution in [1.29, 1.82) is 0 Å². The average molecular weight is 420 g/mol. The summed E-state index contributed by atoms with van der Waals surface area (Å²) in [7, 11) is 0. The number of nitrogens with zero attached hydrogens (tertiary/aromatic N) is 5. The van der Waals surface area contributed by atoms with E-state index in [1.54, 1.807) is 6.20 Å². The number of para-hydroxylation sites is 1. The van der Waals surface area contributed by atoms with Crippen LogP contribution >= 0.6 is 0 Å². The second-order valence-electron chi connectivity index (χ2n) is 7.57. The van der Waals surface area contributed by atoms with Gasteiger partial charge in [-0.3, -0.25) is 4.98 Å². The molecule has 0 aliphatic carbocycles. The molecule has 4 rings (SSSR count). The maximum Gasteiger partial charge on any atom is 0.417 e. The molecule has 0 bridgehead atoms. The summed E-state index contributed by atoms with van der Waals surface area (Å²) in [5.74, 6) is 2.23. The quantitative estimate of drug-likeness (QED) is 0.606. The number of ether oxygens (including phenoxy) is 2. The molecule has 1 aliphatic rings. The summed E-state index contributed by atoms with van der Waals surface area (Å²) in [6, 6.07) is 13.0. The lowest BCUT2D eigenvalue weighted by Gasteiger charge is -2.22. The largest absolute Gasteiger partial charge is 0.456 e. The topological polar surface area (TPSA) is 102 Å². The van der Waals surface area contributed by atoms with Crippen molar-refractivity contribution in [2.45, 2.75) is 32.9 Å². The molecule has 3 aromatic rings. The van der Waals surface area contributed by atoms with Gasteiger partial charge in [0.15, 0.2) is 0 Å². The maximum absolute atomic E-state index is 12.2. The molecule has 160 valence electrons. The van der Waals surface area contributed by atoms with Gasteiger partial charge in [0.2, 0.25) is 11.9 Å². The van der Waals surface area contributed by atoms with Gasteiger partial charge in [0.05, 0.1) is 24.0 Å². The highest BCUT2D eigenvalue weighted by molar-refractivity contribution is 5.88. The number of hydrogen-bond donors (Lipinski definition) is 1. The van der Waals surface area contributed by atoms with Crippen LogP contribution in [0.25, 0.3) is 0 Å². The average Bonchev–Trinajstić information content (AvgIpc) is 3.17. The van der Waals surface area contributed by atoms with Crippen LogP contribution in [0.1, 0.15) is 32.5 Å². The Balaban J connectivity index is 1.44. The number of benzene rings is 1. The summed E-state index contributed by atoms with van der Waals surface area (Å²) < 4.78 is 11.0. The van der Waals surface area contributed by atoms with Crippen molar-refractivity contribution in [3.63, 3.8) is 0 Å². The van der Waals surface area contributed by atoms with Crippen molar-refractivity contribution < 1.29 is 14.3 Å². The van der Waals surface area contributed by atoms with E-state index in [-0.39, 0.29) is 23.9 Å². The zero-order valence-corrected chi connectivity index (χ0v) is 17.6.